The van der Waals surface area contributed by atoms with Crippen molar-refractivity contribution in [2.45, 2.75) is 30.1 Å². The lowest BCUT2D eigenvalue weighted by Crippen LogP contribution is -2.21. The van der Waals surface area contributed by atoms with Gasteiger partial charge in [0.05, 0.1) is 12.5 Å². The van der Waals surface area contributed by atoms with E-state index in [1.807, 2.05) is 12.1 Å². The topological polar surface area (TPSA) is 26.3 Å². The zero-order valence-electron chi connectivity index (χ0n) is 9.66. The van der Waals surface area contributed by atoms with Crippen LogP contribution in [0.5, 0.6) is 0 Å². The molecular weight excluding hydrogens is 220 g/mol. The number of benzene rings is 1. The lowest BCUT2D eigenvalue weighted by atomic mass is 9.96. The van der Waals surface area contributed by atoms with Crippen LogP contribution in [0, 0.1) is 0 Å². The van der Waals surface area contributed by atoms with E-state index in [1.165, 1.54) is 12.0 Å². The van der Waals surface area contributed by atoms with Crippen molar-refractivity contribution in [2.75, 3.05) is 12.9 Å². The zero-order valence-corrected chi connectivity index (χ0v) is 10.5. The van der Waals surface area contributed by atoms with E-state index >= 15 is 0 Å². The van der Waals surface area contributed by atoms with Crippen LogP contribution in [0.3, 0.4) is 0 Å². The van der Waals surface area contributed by atoms with Gasteiger partial charge in [-0.3, -0.25) is 4.79 Å². The van der Waals surface area contributed by atoms with Gasteiger partial charge in [0, 0.05) is 4.90 Å². The maximum Gasteiger partial charge on any atom is 0.316 e. The van der Waals surface area contributed by atoms with Crippen LogP contribution in [0.2, 0.25) is 0 Å². The van der Waals surface area contributed by atoms with Crippen LogP contribution in [0.4, 0.5) is 0 Å². The largest absolute Gasteiger partial charge is 0.468 e. The molecule has 1 aromatic rings. The smallest absolute Gasteiger partial charge is 0.316 e. The van der Waals surface area contributed by atoms with Crippen molar-refractivity contribution >= 4 is 17.7 Å². The van der Waals surface area contributed by atoms with E-state index in [-0.39, 0.29) is 11.4 Å². The van der Waals surface area contributed by atoms with Crippen LogP contribution in [-0.2, 0) is 14.9 Å². The Bertz CT molecular complexity index is 397. The summed E-state index contributed by atoms with van der Waals surface area (Å²) in [4.78, 5) is 13.0. The fourth-order valence-electron chi connectivity index (χ4n) is 1.98. The second-order valence-electron chi connectivity index (χ2n) is 4.03. The molecular formula is C13H16O2S. The molecule has 1 aromatic carbocycles. The van der Waals surface area contributed by atoms with Gasteiger partial charge in [0.1, 0.15) is 0 Å². The molecule has 16 heavy (non-hydrogen) atoms. The third kappa shape index (κ3) is 1.96. The molecule has 0 spiro atoms. The highest BCUT2D eigenvalue weighted by Crippen LogP contribution is 2.49. The number of hydrogen-bond acceptors (Lipinski definition) is 3. The van der Waals surface area contributed by atoms with Gasteiger partial charge in [0.2, 0.25) is 0 Å². The number of thioether (sulfide) groups is 1. The molecule has 0 unspecified atom stereocenters. The summed E-state index contributed by atoms with van der Waals surface area (Å²) in [7, 11) is 1.47. The number of esters is 1. The number of ether oxygens (including phenoxy) is 1. The first kappa shape index (κ1) is 11.5. The fraction of sp³-hybridized carbons (Fsp3) is 0.462. The Morgan fingerprint density at radius 3 is 2.81 bits per heavy atom. The van der Waals surface area contributed by atoms with Gasteiger partial charge < -0.3 is 4.74 Å². The Morgan fingerprint density at radius 1 is 1.50 bits per heavy atom. The quantitative estimate of drug-likeness (QED) is 0.594. The maximum atomic E-state index is 11.7. The van der Waals surface area contributed by atoms with E-state index in [0.717, 1.165) is 24.2 Å². The van der Waals surface area contributed by atoms with Crippen molar-refractivity contribution in [2.24, 2.45) is 0 Å². The SMILES string of the molecule is CCSc1cccc(C2(C(=O)OC)CC2)c1. The highest BCUT2D eigenvalue weighted by atomic mass is 32.2. The fourth-order valence-corrected chi connectivity index (χ4v) is 2.70. The molecule has 0 aromatic heterocycles. The summed E-state index contributed by atoms with van der Waals surface area (Å²) >= 11 is 1.80. The third-order valence-electron chi connectivity index (χ3n) is 3.02. The molecule has 0 N–H and O–H groups in total. The van der Waals surface area contributed by atoms with Crippen molar-refractivity contribution in [3.8, 4) is 0 Å². The molecule has 2 rings (SSSR count). The predicted molar refractivity (Wildman–Crippen MR) is 65.8 cm³/mol. The number of rotatable bonds is 4. The number of hydrogen-bond donors (Lipinski definition) is 0. The Kier molecular flexibility index (Phi) is 3.24. The third-order valence-corrected chi connectivity index (χ3v) is 3.90. The summed E-state index contributed by atoms with van der Waals surface area (Å²) < 4.78 is 4.89. The predicted octanol–water partition coefficient (Wildman–Crippen LogP) is 3.00. The summed E-state index contributed by atoms with van der Waals surface area (Å²) in [5.74, 6) is 0.959. The first-order chi connectivity index (χ1) is 7.73. The van der Waals surface area contributed by atoms with Gasteiger partial charge in [-0.2, -0.15) is 0 Å². The lowest BCUT2D eigenvalue weighted by Gasteiger charge is -2.13. The summed E-state index contributed by atoms with van der Waals surface area (Å²) in [6.45, 7) is 2.13. The van der Waals surface area contributed by atoms with Crippen LogP contribution < -0.4 is 0 Å². The molecule has 0 radical (unpaired) electrons. The lowest BCUT2D eigenvalue weighted by molar-refractivity contribution is -0.143. The van der Waals surface area contributed by atoms with Gasteiger partial charge in [-0.1, -0.05) is 19.1 Å². The maximum absolute atomic E-state index is 11.7. The van der Waals surface area contributed by atoms with Gasteiger partial charge in [-0.05, 0) is 36.3 Å². The molecule has 3 heteroatoms. The van der Waals surface area contributed by atoms with Crippen LogP contribution in [0.15, 0.2) is 29.2 Å². The molecule has 0 atom stereocenters. The highest BCUT2D eigenvalue weighted by molar-refractivity contribution is 7.99. The van der Waals surface area contributed by atoms with Crippen molar-refractivity contribution in [3.05, 3.63) is 29.8 Å². The Hall–Kier alpha value is -0.960. The molecule has 1 aliphatic carbocycles. The zero-order chi connectivity index (χ0) is 11.6. The summed E-state index contributed by atoms with van der Waals surface area (Å²) in [6, 6.07) is 8.27. The van der Waals surface area contributed by atoms with Crippen LogP contribution in [0.1, 0.15) is 25.3 Å². The van der Waals surface area contributed by atoms with Crippen molar-refractivity contribution in [3.63, 3.8) is 0 Å². The Balaban J connectivity index is 2.27. The molecule has 0 saturated heterocycles. The van der Waals surface area contributed by atoms with Gasteiger partial charge in [0.25, 0.3) is 0 Å². The molecule has 0 heterocycles. The van der Waals surface area contributed by atoms with Crippen LogP contribution in [-0.4, -0.2) is 18.8 Å². The minimum absolute atomic E-state index is 0.0915. The second kappa shape index (κ2) is 4.50. The van der Waals surface area contributed by atoms with E-state index in [1.54, 1.807) is 11.8 Å². The standard InChI is InChI=1S/C13H16O2S/c1-3-16-11-6-4-5-10(9-11)13(7-8-13)12(14)15-2/h4-6,9H,3,7-8H2,1-2H3. The number of methoxy groups -OCH3 is 1. The van der Waals surface area contributed by atoms with Gasteiger partial charge in [-0.25, -0.2) is 0 Å². The molecule has 0 amide bonds. The van der Waals surface area contributed by atoms with Gasteiger partial charge in [-0.15, -0.1) is 11.8 Å². The molecule has 0 aliphatic heterocycles. The van der Waals surface area contributed by atoms with E-state index in [0.29, 0.717) is 0 Å². The van der Waals surface area contributed by atoms with Crippen molar-refractivity contribution < 1.29 is 9.53 Å². The molecule has 1 saturated carbocycles. The van der Waals surface area contributed by atoms with Crippen molar-refractivity contribution in [1.29, 1.82) is 0 Å². The first-order valence-corrected chi connectivity index (χ1v) is 6.53. The monoisotopic (exact) mass is 236 g/mol. The molecule has 1 aliphatic rings. The molecule has 0 bridgehead atoms. The summed E-state index contributed by atoms with van der Waals surface area (Å²) in [5, 5.41) is 0. The van der Waals surface area contributed by atoms with Gasteiger partial charge >= 0.3 is 5.97 Å². The van der Waals surface area contributed by atoms with E-state index in [4.69, 9.17) is 4.74 Å². The summed E-state index contributed by atoms with van der Waals surface area (Å²) in [6.07, 6.45) is 1.83. The first-order valence-electron chi connectivity index (χ1n) is 5.54. The minimum atomic E-state index is -0.334. The molecule has 86 valence electrons. The number of carbonyl (C=O) groups excluding carboxylic acids is 1. The number of carbonyl (C=O) groups is 1. The molecule has 1 fully saturated rings. The van der Waals surface area contributed by atoms with Crippen LogP contribution >= 0.6 is 11.8 Å². The Labute approximate surface area is 100 Å². The van der Waals surface area contributed by atoms with E-state index in [2.05, 4.69) is 19.1 Å². The normalized spacial score (nSPS) is 16.9. The second-order valence-corrected chi connectivity index (χ2v) is 5.37. The van der Waals surface area contributed by atoms with E-state index in [9.17, 15) is 4.79 Å². The Morgan fingerprint density at radius 2 is 2.25 bits per heavy atom. The van der Waals surface area contributed by atoms with Gasteiger partial charge in [0.15, 0.2) is 0 Å². The van der Waals surface area contributed by atoms with E-state index < -0.39 is 0 Å². The minimum Gasteiger partial charge on any atom is -0.468 e. The van der Waals surface area contributed by atoms with Crippen LogP contribution in [0.25, 0.3) is 0 Å². The highest BCUT2D eigenvalue weighted by Gasteiger charge is 2.52. The average molecular weight is 236 g/mol. The molecule has 2 nitrogen and oxygen atoms in total. The van der Waals surface area contributed by atoms with Crippen molar-refractivity contribution in [1.82, 2.24) is 0 Å². The average Bonchev–Trinajstić information content (AvgIpc) is 3.10. The summed E-state index contributed by atoms with van der Waals surface area (Å²) in [5.41, 5.74) is 0.775.